The molecule has 0 amide bonds. The molecule has 1 N–H and O–H groups in total. The van der Waals surface area contributed by atoms with Crippen molar-refractivity contribution in [2.24, 2.45) is 0 Å². The number of esters is 1. The number of Topliss-reactive ketones (excluding diaryl/α,β-unsaturated/α-hetero) is 1. The Morgan fingerprint density at radius 1 is 1.20 bits per heavy atom. The number of hydrogen-bond donors (Lipinski definition) is 1. The number of nitrogens with one attached hydrogen (secondary N) is 1. The molecule has 2 rings (SSSR count). The number of fused-ring (bicyclic) bond motifs is 1. The SMILES string of the molecule is COC(=O)CC(=O)c1c[nH]c2c(OC)nc(OC)nc12. The summed E-state index contributed by atoms with van der Waals surface area (Å²) >= 11 is 0. The number of ketones is 1. The smallest absolute Gasteiger partial charge is 0.320 e. The van der Waals surface area contributed by atoms with Crippen molar-refractivity contribution < 1.29 is 23.8 Å². The number of carbonyl (C=O) groups excluding carboxylic acids is 2. The van der Waals surface area contributed by atoms with Crippen LogP contribution in [0.5, 0.6) is 11.9 Å². The summed E-state index contributed by atoms with van der Waals surface area (Å²) in [6, 6.07) is 0.0704. The first-order chi connectivity index (χ1) is 9.60. The van der Waals surface area contributed by atoms with Gasteiger partial charge in [0.15, 0.2) is 5.78 Å². The molecule has 0 fully saturated rings. The van der Waals surface area contributed by atoms with Crippen LogP contribution in [0, 0.1) is 0 Å². The summed E-state index contributed by atoms with van der Waals surface area (Å²) in [5, 5.41) is 0. The molecule has 0 aliphatic carbocycles. The average Bonchev–Trinajstić information content (AvgIpc) is 2.89. The molecule has 8 nitrogen and oxygen atoms in total. The van der Waals surface area contributed by atoms with E-state index in [0.29, 0.717) is 11.0 Å². The van der Waals surface area contributed by atoms with E-state index in [1.807, 2.05) is 0 Å². The number of aromatic nitrogens is 3. The Morgan fingerprint density at radius 3 is 2.55 bits per heavy atom. The maximum absolute atomic E-state index is 12.0. The summed E-state index contributed by atoms with van der Waals surface area (Å²) in [4.78, 5) is 34.1. The van der Waals surface area contributed by atoms with Crippen LogP contribution in [0.25, 0.3) is 11.0 Å². The molecular weight excluding hydrogens is 266 g/mol. The van der Waals surface area contributed by atoms with E-state index in [2.05, 4.69) is 19.7 Å². The molecule has 2 aromatic heterocycles. The van der Waals surface area contributed by atoms with E-state index < -0.39 is 11.8 Å². The number of hydrogen-bond acceptors (Lipinski definition) is 7. The van der Waals surface area contributed by atoms with Gasteiger partial charge in [-0.15, -0.1) is 0 Å². The molecule has 2 heterocycles. The minimum Gasteiger partial charge on any atom is -0.479 e. The van der Waals surface area contributed by atoms with Crippen LogP contribution in [0.1, 0.15) is 16.8 Å². The van der Waals surface area contributed by atoms with Gasteiger partial charge in [-0.25, -0.2) is 0 Å². The fraction of sp³-hybridized carbons (Fsp3) is 0.333. The molecule has 2 aromatic rings. The van der Waals surface area contributed by atoms with Crippen LogP contribution in [0.15, 0.2) is 6.20 Å². The molecule has 8 heteroatoms. The third kappa shape index (κ3) is 2.40. The van der Waals surface area contributed by atoms with E-state index >= 15 is 0 Å². The second-order valence-electron chi connectivity index (χ2n) is 3.82. The maximum atomic E-state index is 12.0. The molecular formula is C12H13N3O5. The quantitative estimate of drug-likeness (QED) is 0.488. The summed E-state index contributed by atoms with van der Waals surface area (Å²) in [5.74, 6) is -0.771. The Kier molecular flexibility index (Phi) is 3.83. The molecule has 0 aliphatic rings. The van der Waals surface area contributed by atoms with Crippen LogP contribution in [0.4, 0.5) is 0 Å². The van der Waals surface area contributed by atoms with Crippen LogP contribution in [-0.4, -0.2) is 48.0 Å². The summed E-state index contributed by atoms with van der Waals surface area (Å²) < 4.78 is 14.5. The van der Waals surface area contributed by atoms with Gasteiger partial charge in [-0.1, -0.05) is 0 Å². The van der Waals surface area contributed by atoms with Gasteiger partial charge in [0, 0.05) is 6.20 Å². The van der Waals surface area contributed by atoms with Crippen molar-refractivity contribution in [2.45, 2.75) is 6.42 Å². The predicted octanol–water partition coefficient (Wildman–Crippen LogP) is 0.721. The molecule has 20 heavy (non-hydrogen) atoms. The van der Waals surface area contributed by atoms with E-state index in [1.165, 1.54) is 27.5 Å². The lowest BCUT2D eigenvalue weighted by atomic mass is 10.1. The second kappa shape index (κ2) is 5.55. The zero-order valence-electron chi connectivity index (χ0n) is 11.2. The van der Waals surface area contributed by atoms with E-state index in [4.69, 9.17) is 9.47 Å². The zero-order chi connectivity index (χ0) is 14.7. The third-order valence-corrected chi connectivity index (χ3v) is 2.68. The molecule has 0 spiro atoms. The highest BCUT2D eigenvalue weighted by Gasteiger charge is 2.20. The number of methoxy groups -OCH3 is 3. The number of ether oxygens (including phenoxy) is 3. The first-order valence-corrected chi connectivity index (χ1v) is 5.67. The maximum Gasteiger partial charge on any atom is 0.320 e. The summed E-state index contributed by atoms with van der Waals surface area (Å²) in [6.45, 7) is 0. The van der Waals surface area contributed by atoms with Crippen LogP contribution in [-0.2, 0) is 9.53 Å². The van der Waals surface area contributed by atoms with Crippen LogP contribution >= 0.6 is 0 Å². The van der Waals surface area contributed by atoms with E-state index in [0.717, 1.165) is 0 Å². The van der Waals surface area contributed by atoms with Gasteiger partial charge in [-0.2, -0.15) is 9.97 Å². The molecule has 0 aliphatic heterocycles. The van der Waals surface area contributed by atoms with Gasteiger partial charge in [0.25, 0.3) is 0 Å². The van der Waals surface area contributed by atoms with E-state index in [-0.39, 0.29) is 23.9 Å². The van der Waals surface area contributed by atoms with Gasteiger partial charge < -0.3 is 19.2 Å². The molecule has 0 bridgehead atoms. The normalized spacial score (nSPS) is 10.3. The van der Waals surface area contributed by atoms with Gasteiger partial charge in [-0.05, 0) is 0 Å². The van der Waals surface area contributed by atoms with Crippen molar-refractivity contribution in [1.29, 1.82) is 0 Å². The lowest BCUT2D eigenvalue weighted by molar-refractivity contribution is -0.139. The highest BCUT2D eigenvalue weighted by Crippen LogP contribution is 2.26. The highest BCUT2D eigenvalue weighted by atomic mass is 16.5. The lowest BCUT2D eigenvalue weighted by Crippen LogP contribution is -2.09. The molecule has 0 aromatic carbocycles. The molecule has 106 valence electrons. The number of carbonyl (C=O) groups is 2. The minimum atomic E-state index is -0.614. The standard InChI is InChI=1S/C12H13N3O5/c1-18-8(17)4-7(16)6-5-13-10-9(6)14-12(20-3)15-11(10)19-2/h5,13H,4H2,1-3H3. The zero-order valence-corrected chi connectivity index (χ0v) is 11.2. The number of H-pyrrole nitrogens is 1. The van der Waals surface area contributed by atoms with Gasteiger partial charge in [0.1, 0.15) is 17.5 Å². The highest BCUT2D eigenvalue weighted by molar-refractivity contribution is 6.12. The molecule has 0 saturated carbocycles. The van der Waals surface area contributed by atoms with Gasteiger partial charge in [-0.3, -0.25) is 9.59 Å². The van der Waals surface area contributed by atoms with Crippen molar-refractivity contribution in [3.05, 3.63) is 11.8 Å². The summed E-state index contributed by atoms with van der Waals surface area (Å²) in [7, 11) is 4.07. The Labute approximate surface area is 114 Å². The Morgan fingerprint density at radius 2 is 1.95 bits per heavy atom. The minimum absolute atomic E-state index is 0.0704. The fourth-order valence-corrected chi connectivity index (χ4v) is 1.71. The largest absolute Gasteiger partial charge is 0.479 e. The van der Waals surface area contributed by atoms with Crippen LogP contribution < -0.4 is 9.47 Å². The average molecular weight is 279 g/mol. The van der Waals surface area contributed by atoms with Crippen LogP contribution in [0.3, 0.4) is 0 Å². The van der Waals surface area contributed by atoms with Crippen molar-refractivity contribution in [3.8, 4) is 11.9 Å². The number of nitrogens with zero attached hydrogens (tertiary/aromatic N) is 2. The molecule has 0 radical (unpaired) electrons. The topological polar surface area (TPSA) is 103 Å². The van der Waals surface area contributed by atoms with Crippen molar-refractivity contribution in [2.75, 3.05) is 21.3 Å². The van der Waals surface area contributed by atoms with Gasteiger partial charge in [0.2, 0.25) is 5.88 Å². The summed E-state index contributed by atoms with van der Waals surface area (Å²) in [5.41, 5.74) is 1.05. The summed E-state index contributed by atoms with van der Waals surface area (Å²) in [6.07, 6.45) is 1.09. The van der Waals surface area contributed by atoms with Crippen LogP contribution in [0.2, 0.25) is 0 Å². The first-order valence-electron chi connectivity index (χ1n) is 5.67. The van der Waals surface area contributed by atoms with Crippen molar-refractivity contribution in [3.63, 3.8) is 0 Å². The molecule has 0 atom stereocenters. The molecule has 0 unspecified atom stereocenters. The third-order valence-electron chi connectivity index (χ3n) is 2.68. The van der Waals surface area contributed by atoms with Gasteiger partial charge >= 0.3 is 12.0 Å². The Balaban J connectivity index is 2.49. The number of aromatic amines is 1. The monoisotopic (exact) mass is 279 g/mol. The first kappa shape index (κ1) is 13.8. The number of rotatable bonds is 5. The predicted molar refractivity (Wildman–Crippen MR) is 68.0 cm³/mol. The fourth-order valence-electron chi connectivity index (χ4n) is 1.71. The Bertz CT molecular complexity index is 664. The molecule has 0 saturated heterocycles. The van der Waals surface area contributed by atoms with E-state index in [9.17, 15) is 9.59 Å². The van der Waals surface area contributed by atoms with E-state index in [1.54, 1.807) is 0 Å². The lowest BCUT2D eigenvalue weighted by Gasteiger charge is -2.04. The van der Waals surface area contributed by atoms with Crippen molar-refractivity contribution in [1.82, 2.24) is 15.0 Å². The second-order valence-corrected chi connectivity index (χ2v) is 3.82. The Hall–Kier alpha value is -2.64. The van der Waals surface area contributed by atoms with Gasteiger partial charge in [0.05, 0.1) is 26.9 Å². The van der Waals surface area contributed by atoms with Crippen molar-refractivity contribution >= 4 is 22.8 Å².